The predicted molar refractivity (Wildman–Crippen MR) is 107 cm³/mol. The molecule has 1 heterocycles. The molecule has 0 aliphatic heterocycles. The van der Waals surface area contributed by atoms with Gasteiger partial charge in [0, 0.05) is 26.1 Å². The minimum atomic E-state index is -0.210. The van der Waals surface area contributed by atoms with E-state index in [1.165, 1.54) is 12.1 Å². The van der Waals surface area contributed by atoms with Gasteiger partial charge in [-0.1, -0.05) is 17.3 Å². The van der Waals surface area contributed by atoms with Crippen LogP contribution in [-0.2, 0) is 12.8 Å². The van der Waals surface area contributed by atoms with Gasteiger partial charge in [0.2, 0.25) is 5.89 Å². The number of benzene rings is 1. The van der Waals surface area contributed by atoms with Crippen LogP contribution in [0.5, 0.6) is 0 Å². The van der Waals surface area contributed by atoms with Gasteiger partial charge < -0.3 is 15.2 Å². The highest BCUT2D eigenvalue weighted by atomic mass is 127. The molecule has 0 fully saturated rings. The van der Waals surface area contributed by atoms with Gasteiger partial charge in [0.05, 0.1) is 0 Å². The number of rotatable bonds is 8. The molecular formula is C17H25FIN5O. The summed E-state index contributed by atoms with van der Waals surface area (Å²) in [6.45, 7) is 6.04. The molecule has 2 aromatic rings. The lowest BCUT2D eigenvalue weighted by Crippen LogP contribution is -2.38. The van der Waals surface area contributed by atoms with Gasteiger partial charge in [-0.3, -0.25) is 4.99 Å². The Morgan fingerprint density at radius 2 is 1.96 bits per heavy atom. The largest absolute Gasteiger partial charge is 0.357 e. The Hall–Kier alpha value is -1.71. The van der Waals surface area contributed by atoms with Gasteiger partial charge in [0.1, 0.15) is 5.82 Å². The molecule has 138 valence electrons. The van der Waals surface area contributed by atoms with Gasteiger partial charge in [0.15, 0.2) is 11.8 Å². The van der Waals surface area contributed by atoms with E-state index in [4.69, 9.17) is 4.52 Å². The van der Waals surface area contributed by atoms with Crippen LogP contribution in [0.3, 0.4) is 0 Å². The molecule has 2 N–H and O–H groups in total. The van der Waals surface area contributed by atoms with Crippen molar-refractivity contribution in [2.75, 3.05) is 19.6 Å². The van der Waals surface area contributed by atoms with E-state index in [-0.39, 0.29) is 29.8 Å². The summed E-state index contributed by atoms with van der Waals surface area (Å²) in [6, 6.07) is 6.56. The molecule has 0 aliphatic carbocycles. The van der Waals surface area contributed by atoms with Gasteiger partial charge in [-0.2, -0.15) is 4.98 Å². The molecule has 2 rings (SSSR count). The van der Waals surface area contributed by atoms with Crippen molar-refractivity contribution in [3.05, 3.63) is 47.4 Å². The van der Waals surface area contributed by atoms with E-state index < -0.39 is 0 Å². The zero-order valence-corrected chi connectivity index (χ0v) is 16.9. The fourth-order valence-corrected chi connectivity index (χ4v) is 2.18. The molecule has 0 saturated carbocycles. The maximum absolute atomic E-state index is 12.9. The van der Waals surface area contributed by atoms with Crippen LogP contribution in [0.4, 0.5) is 4.39 Å². The first-order valence-corrected chi connectivity index (χ1v) is 8.23. The van der Waals surface area contributed by atoms with Gasteiger partial charge >= 0.3 is 0 Å². The Balaban J connectivity index is 0.00000312. The minimum absolute atomic E-state index is 0. The Morgan fingerprint density at radius 3 is 2.60 bits per heavy atom. The third-order valence-electron chi connectivity index (χ3n) is 3.35. The van der Waals surface area contributed by atoms with E-state index in [1.807, 2.05) is 6.92 Å². The summed E-state index contributed by atoms with van der Waals surface area (Å²) in [5.74, 6) is 1.88. The minimum Gasteiger partial charge on any atom is -0.357 e. The van der Waals surface area contributed by atoms with Gasteiger partial charge in [-0.15, -0.1) is 24.0 Å². The van der Waals surface area contributed by atoms with E-state index in [1.54, 1.807) is 19.1 Å². The highest BCUT2D eigenvalue weighted by molar-refractivity contribution is 14.0. The summed E-state index contributed by atoms with van der Waals surface area (Å²) in [7, 11) is 0. The molecule has 0 bridgehead atoms. The monoisotopic (exact) mass is 461 g/mol. The Kier molecular flexibility index (Phi) is 10.0. The molecule has 8 heteroatoms. The smallest absolute Gasteiger partial charge is 0.226 e. The van der Waals surface area contributed by atoms with Crippen molar-refractivity contribution in [1.29, 1.82) is 0 Å². The van der Waals surface area contributed by atoms with Crippen LogP contribution in [-0.4, -0.2) is 35.7 Å². The van der Waals surface area contributed by atoms with E-state index in [0.717, 1.165) is 43.9 Å². The molecule has 0 unspecified atom stereocenters. The zero-order valence-electron chi connectivity index (χ0n) is 14.6. The third kappa shape index (κ3) is 8.28. The number of aryl methyl sites for hydroxylation is 2. The topological polar surface area (TPSA) is 75.3 Å². The van der Waals surface area contributed by atoms with Crippen LogP contribution in [0, 0.1) is 12.7 Å². The number of aliphatic imine (C=N–C) groups is 1. The third-order valence-corrected chi connectivity index (χ3v) is 3.35. The number of hydrogen-bond acceptors (Lipinski definition) is 4. The number of hydrogen-bond donors (Lipinski definition) is 2. The molecule has 0 aliphatic rings. The molecule has 25 heavy (non-hydrogen) atoms. The van der Waals surface area contributed by atoms with Crippen LogP contribution < -0.4 is 10.6 Å². The average Bonchev–Trinajstić information content (AvgIpc) is 2.99. The summed E-state index contributed by atoms with van der Waals surface area (Å²) < 4.78 is 17.9. The fourth-order valence-electron chi connectivity index (χ4n) is 2.18. The zero-order chi connectivity index (χ0) is 17.2. The molecule has 6 nitrogen and oxygen atoms in total. The maximum Gasteiger partial charge on any atom is 0.226 e. The number of halogens is 2. The van der Waals surface area contributed by atoms with Crippen molar-refractivity contribution in [2.45, 2.75) is 33.1 Å². The van der Waals surface area contributed by atoms with Crippen LogP contribution in [0.25, 0.3) is 0 Å². The summed E-state index contributed by atoms with van der Waals surface area (Å²) in [6.07, 6.45) is 2.38. The number of aromatic nitrogens is 2. The molecule has 0 saturated heterocycles. The van der Waals surface area contributed by atoms with Crippen LogP contribution >= 0.6 is 24.0 Å². The van der Waals surface area contributed by atoms with Crippen molar-refractivity contribution in [3.63, 3.8) is 0 Å². The molecule has 1 aromatic carbocycles. The van der Waals surface area contributed by atoms with Crippen molar-refractivity contribution in [1.82, 2.24) is 20.8 Å². The van der Waals surface area contributed by atoms with E-state index in [9.17, 15) is 4.39 Å². The fraction of sp³-hybridized carbons (Fsp3) is 0.471. The van der Waals surface area contributed by atoms with Crippen LogP contribution in [0.1, 0.15) is 30.6 Å². The Morgan fingerprint density at radius 1 is 1.20 bits per heavy atom. The average molecular weight is 461 g/mol. The molecule has 1 aromatic heterocycles. The van der Waals surface area contributed by atoms with Crippen molar-refractivity contribution in [3.8, 4) is 0 Å². The number of nitrogens with zero attached hydrogens (tertiary/aromatic N) is 3. The lowest BCUT2D eigenvalue weighted by atomic mass is 10.1. The second-order valence-electron chi connectivity index (χ2n) is 5.40. The van der Waals surface area contributed by atoms with Gasteiger partial charge in [0.25, 0.3) is 0 Å². The summed E-state index contributed by atoms with van der Waals surface area (Å²) in [5.41, 5.74) is 1.09. The first-order chi connectivity index (χ1) is 11.7. The molecule has 0 radical (unpaired) electrons. The highest BCUT2D eigenvalue weighted by Crippen LogP contribution is 2.03. The van der Waals surface area contributed by atoms with Gasteiger partial charge in [-0.05, 0) is 44.4 Å². The molecule has 0 spiro atoms. The second-order valence-corrected chi connectivity index (χ2v) is 5.40. The Labute approximate surface area is 164 Å². The summed E-state index contributed by atoms with van der Waals surface area (Å²) >= 11 is 0. The molecular weight excluding hydrogens is 436 g/mol. The van der Waals surface area contributed by atoms with Crippen molar-refractivity contribution < 1.29 is 8.91 Å². The quantitative estimate of drug-likeness (QED) is 0.274. The second kappa shape index (κ2) is 11.8. The van der Waals surface area contributed by atoms with Crippen molar-refractivity contribution >= 4 is 29.9 Å². The number of nitrogens with one attached hydrogen (secondary N) is 2. The summed E-state index contributed by atoms with van der Waals surface area (Å²) in [4.78, 5) is 8.69. The normalized spacial score (nSPS) is 11.1. The van der Waals surface area contributed by atoms with Crippen LogP contribution in [0.15, 0.2) is 33.8 Å². The SMILES string of the molecule is CCNC(=NCCCc1nc(C)no1)NCCc1ccc(F)cc1.I. The molecule has 0 atom stereocenters. The highest BCUT2D eigenvalue weighted by Gasteiger charge is 2.02. The van der Waals surface area contributed by atoms with E-state index >= 15 is 0 Å². The van der Waals surface area contributed by atoms with E-state index in [2.05, 4.69) is 25.8 Å². The molecule has 0 amide bonds. The van der Waals surface area contributed by atoms with Crippen molar-refractivity contribution in [2.24, 2.45) is 4.99 Å². The van der Waals surface area contributed by atoms with E-state index in [0.29, 0.717) is 18.3 Å². The Bertz CT molecular complexity index is 645. The lowest BCUT2D eigenvalue weighted by Gasteiger charge is -2.11. The van der Waals surface area contributed by atoms with Crippen LogP contribution in [0.2, 0.25) is 0 Å². The predicted octanol–water partition coefficient (Wildman–Crippen LogP) is 2.87. The first kappa shape index (κ1) is 21.3. The first-order valence-electron chi connectivity index (χ1n) is 8.23. The summed E-state index contributed by atoms with van der Waals surface area (Å²) in [5, 5.41) is 10.3. The maximum atomic E-state index is 12.9. The number of guanidine groups is 1. The standard InChI is InChI=1S/C17H24FN5O.HI/c1-3-19-17(20-11-4-5-16-22-13(2)23-24-16)21-12-10-14-6-8-15(18)9-7-14;/h6-9H,3-5,10-12H2,1-2H3,(H2,19,20,21);1H. The van der Waals surface area contributed by atoms with Gasteiger partial charge in [-0.25, -0.2) is 4.39 Å². The lowest BCUT2D eigenvalue weighted by molar-refractivity contribution is 0.372.